The zero-order valence-electron chi connectivity index (χ0n) is 15.2. The van der Waals surface area contributed by atoms with Crippen molar-refractivity contribution in [1.29, 1.82) is 0 Å². The minimum absolute atomic E-state index is 0.462. The highest BCUT2D eigenvalue weighted by molar-refractivity contribution is 6.32. The van der Waals surface area contributed by atoms with Crippen LogP contribution in [0.1, 0.15) is 19.3 Å². The van der Waals surface area contributed by atoms with Crippen LogP contribution in [-0.2, 0) is 0 Å². The average molecular weight is 379 g/mol. The normalized spacial score (nSPS) is 14.1. The molecule has 1 aromatic carbocycles. The molecule has 1 aromatic heterocycles. The van der Waals surface area contributed by atoms with Crippen molar-refractivity contribution in [3.63, 3.8) is 0 Å². The molecule has 0 bridgehead atoms. The summed E-state index contributed by atoms with van der Waals surface area (Å²) in [7, 11) is 4.73. The van der Waals surface area contributed by atoms with Gasteiger partial charge in [-0.25, -0.2) is 4.98 Å². The van der Waals surface area contributed by atoms with Crippen molar-refractivity contribution in [3.05, 3.63) is 23.4 Å². The number of halogens is 1. The van der Waals surface area contributed by atoms with Crippen LogP contribution in [0.25, 0.3) is 0 Å². The number of nitrogens with one attached hydrogen (secondary N) is 1. The lowest BCUT2D eigenvalue weighted by Crippen LogP contribution is -2.30. The maximum Gasteiger partial charge on any atom is 0.229 e. The van der Waals surface area contributed by atoms with E-state index in [0.717, 1.165) is 37.4 Å². The van der Waals surface area contributed by atoms with E-state index in [9.17, 15) is 0 Å². The Morgan fingerprint density at radius 1 is 1.00 bits per heavy atom. The Bertz CT molecular complexity index is 741. The van der Waals surface area contributed by atoms with Gasteiger partial charge in [0.2, 0.25) is 11.7 Å². The molecule has 0 unspecified atom stereocenters. The van der Waals surface area contributed by atoms with Gasteiger partial charge < -0.3 is 24.4 Å². The van der Waals surface area contributed by atoms with E-state index < -0.39 is 0 Å². The molecule has 1 saturated heterocycles. The number of aromatic nitrogens is 2. The third kappa shape index (κ3) is 3.88. The van der Waals surface area contributed by atoms with Crippen molar-refractivity contribution in [2.75, 3.05) is 44.6 Å². The Balaban J connectivity index is 1.89. The molecule has 3 rings (SSSR count). The van der Waals surface area contributed by atoms with E-state index in [1.54, 1.807) is 39.7 Å². The van der Waals surface area contributed by atoms with E-state index in [-0.39, 0.29) is 0 Å². The molecule has 0 radical (unpaired) electrons. The predicted octanol–water partition coefficient (Wildman–Crippen LogP) is 3.89. The first-order chi connectivity index (χ1) is 12.7. The van der Waals surface area contributed by atoms with Gasteiger partial charge in [-0.05, 0) is 19.3 Å². The molecular weight excluding hydrogens is 356 g/mol. The number of anilines is 3. The standard InChI is InChI=1S/C18H23ClN4O3/c1-24-14-9-12(10-15(25-2)16(14)26-3)21-18-20-11-13(19)17(22-18)23-7-5-4-6-8-23/h9-11H,4-8H2,1-3H3,(H,20,21,22). The number of hydrogen-bond donors (Lipinski definition) is 1. The van der Waals surface area contributed by atoms with Crippen LogP contribution in [-0.4, -0.2) is 44.4 Å². The summed E-state index contributed by atoms with van der Waals surface area (Å²) in [6.07, 6.45) is 5.17. The van der Waals surface area contributed by atoms with Gasteiger partial charge >= 0.3 is 0 Å². The topological polar surface area (TPSA) is 68.7 Å². The van der Waals surface area contributed by atoms with Crippen LogP contribution < -0.4 is 24.4 Å². The zero-order chi connectivity index (χ0) is 18.5. The number of hydrogen-bond acceptors (Lipinski definition) is 7. The van der Waals surface area contributed by atoms with Gasteiger partial charge in [0.15, 0.2) is 17.3 Å². The van der Waals surface area contributed by atoms with E-state index in [0.29, 0.717) is 28.2 Å². The number of benzene rings is 1. The molecule has 1 aliphatic heterocycles. The number of piperidine rings is 1. The van der Waals surface area contributed by atoms with E-state index >= 15 is 0 Å². The monoisotopic (exact) mass is 378 g/mol. The first kappa shape index (κ1) is 18.4. The van der Waals surface area contributed by atoms with Gasteiger partial charge in [-0.2, -0.15) is 4.98 Å². The molecule has 0 spiro atoms. The van der Waals surface area contributed by atoms with Crippen molar-refractivity contribution >= 4 is 29.1 Å². The van der Waals surface area contributed by atoms with Crippen molar-refractivity contribution < 1.29 is 14.2 Å². The van der Waals surface area contributed by atoms with Crippen molar-refractivity contribution in [2.45, 2.75) is 19.3 Å². The Morgan fingerprint density at radius 3 is 2.23 bits per heavy atom. The van der Waals surface area contributed by atoms with Crippen molar-refractivity contribution in [3.8, 4) is 17.2 Å². The fourth-order valence-corrected chi connectivity index (χ4v) is 3.24. The highest BCUT2D eigenvalue weighted by atomic mass is 35.5. The van der Waals surface area contributed by atoms with Gasteiger partial charge in [-0.1, -0.05) is 11.6 Å². The molecule has 1 fully saturated rings. The molecular formula is C18H23ClN4O3. The van der Waals surface area contributed by atoms with Gasteiger partial charge in [0.1, 0.15) is 5.02 Å². The molecule has 0 saturated carbocycles. The first-order valence-electron chi connectivity index (χ1n) is 8.50. The molecule has 8 heteroatoms. The summed E-state index contributed by atoms with van der Waals surface area (Å²) in [6.45, 7) is 1.92. The molecule has 2 aromatic rings. The number of ether oxygens (including phenoxy) is 3. The second-order valence-corrected chi connectivity index (χ2v) is 6.36. The lowest BCUT2D eigenvalue weighted by atomic mass is 10.1. The van der Waals surface area contributed by atoms with Crippen LogP contribution in [0.15, 0.2) is 18.3 Å². The summed E-state index contributed by atoms with van der Waals surface area (Å²) in [5.74, 6) is 2.87. The van der Waals surface area contributed by atoms with Crippen LogP contribution in [0.5, 0.6) is 17.2 Å². The molecule has 1 N–H and O–H groups in total. The van der Waals surface area contributed by atoms with Gasteiger partial charge in [-0.15, -0.1) is 0 Å². The third-order valence-electron chi connectivity index (χ3n) is 4.30. The quantitative estimate of drug-likeness (QED) is 0.817. The van der Waals surface area contributed by atoms with Crippen LogP contribution in [0, 0.1) is 0 Å². The Morgan fingerprint density at radius 2 is 1.65 bits per heavy atom. The van der Waals surface area contributed by atoms with E-state index in [2.05, 4.69) is 20.2 Å². The molecule has 0 atom stereocenters. The minimum atomic E-state index is 0.462. The minimum Gasteiger partial charge on any atom is -0.493 e. The first-order valence-corrected chi connectivity index (χ1v) is 8.88. The smallest absolute Gasteiger partial charge is 0.229 e. The second kappa shape index (κ2) is 8.31. The van der Waals surface area contributed by atoms with Gasteiger partial charge in [0.25, 0.3) is 0 Å². The van der Waals surface area contributed by atoms with Gasteiger partial charge in [0.05, 0.1) is 27.5 Å². The van der Waals surface area contributed by atoms with Crippen molar-refractivity contribution in [1.82, 2.24) is 9.97 Å². The molecule has 26 heavy (non-hydrogen) atoms. The van der Waals surface area contributed by atoms with Crippen LogP contribution in [0.3, 0.4) is 0 Å². The molecule has 140 valence electrons. The van der Waals surface area contributed by atoms with Crippen LogP contribution in [0.4, 0.5) is 17.5 Å². The SMILES string of the molecule is COc1cc(Nc2ncc(Cl)c(N3CCCCC3)n2)cc(OC)c1OC. The number of rotatable bonds is 6. The summed E-state index contributed by atoms with van der Waals surface area (Å²) in [4.78, 5) is 11.1. The third-order valence-corrected chi connectivity index (χ3v) is 4.57. The maximum atomic E-state index is 6.32. The summed E-state index contributed by atoms with van der Waals surface area (Å²) in [5.41, 5.74) is 0.728. The molecule has 0 amide bonds. The number of nitrogens with zero attached hydrogens (tertiary/aromatic N) is 3. The van der Waals surface area contributed by atoms with E-state index in [1.807, 2.05) is 0 Å². The average Bonchev–Trinajstić information content (AvgIpc) is 2.69. The summed E-state index contributed by atoms with van der Waals surface area (Å²) in [6, 6.07) is 3.61. The Hall–Kier alpha value is -2.41. The van der Waals surface area contributed by atoms with Gasteiger partial charge in [-0.3, -0.25) is 0 Å². The maximum absolute atomic E-state index is 6.32. The largest absolute Gasteiger partial charge is 0.493 e. The molecule has 7 nitrogen and oxygen atoms in total. The zero-order valence-corrected chi connectivity index (χ0v) is 16.0. The summed E-state index contributed by atoms with van der Waals surface area (Å²) in [5, 5.41) is 3.75. The Kier molecular flexibility index (Phi) is 5.88. The molecule has 0 aliphatic carbocycles. The highest BCUT2D eigenvalue weighted by Gasteiger charge is 2.18. The van der Waals surface area contributed by atoms with Crippen LogP contribution >= 0.6 is 11.6 Å². The van der Waals surface area contributed by atoms with E-state index in [4.69, 9.17) is 25.8 Å². The van der Waals surface area contributed by atoms with Crippen molar-refractivity contribution in [2.24, 2.45) is 0 Å². The van der Waals surface area contributed by atoms with E-state index in [1.165, 1.54) is 6.42 Å². The number of methoxy groups -OCH3 is 3. The highest BCUT2D eigenvalue weighted by Crippen LogP contribution is 2.40. The van der Waals surface area contributed by atoms with Gasteiger partial charge in [0, 0.05) is 30.9 Å². The molecule has 1 aliphatic rings. The summed E-state index contributed by atoms with van der Waals surface area (Å²) >= 11 is 6.32. The second-order valence-electron chi connectivity index (χ2n) is 5.95. The Labute approximate surface area is 158 Å². The fourth-order valence-electron chi connectivity index (χ4n) is 3.03. The fraction of sp³-hybridized carbons (Fsp3) is 0.444. The predicted molar refractivity (Wildman–Crippen MR) is 102 cm³/mol. The van der Waals surface area contributed by atoms with Crippen LogP contribution in [0.2, 0.25) is 5.02 Å². The summed E-state index contributed by atoms with van der Waals surface area (Å²) < 4.78 is 16.1. The lowest BCUT2D eigenvalue weighted by molar-refractivity contribution is 0.324. The lowest BCUT2D eigenvalue weighted by Gasteiger charge is -2.28. The molecule has 2 heterocycles.